The summed E-state index contributed by atoms with van der Waals surface area (Å²) in [6.07, 6.45) is 0.756. The number of hydrogen-bond donors (Lipinski definition) is 1. The van der Waals surface area contributed by atoms with Crippen LogP contribution in [-0.2, 0) is 4.79 Å². The molecule has 4 heteroatoms. The fourth-order valence-electron chi connectivity index (χ4n) is 1.39. The lowest BCUT2D eigenvalue weighted by atomic mass is 10.2. The highest BCUT2D eigenvalue weighted by Crippen LogP contribution is 2.36. The maximum Gasteiger partial charge on any atom is 0.237 e. The van der Waals surface area contributed by atoms with Crippen LogP contribution in [-0.4, -0.2) is 11.2 Å². The van der Waals surface area contributed by atoms with E-state index in [0.29, 0.717) is 5.69 Å². The predicted molar refractivity (Wildman–Crippen MR) is 55.0 cm³/mol. The van der Waals surface area contributed by atoms with Crippen molar-refractivity contribution < 1.29 is 9.18 Å². The van der Waals surface area contributed by atoms with Crippen molar-refractivity contribution >= 4 is 23.4 Å². The van der Waals surface area contributed by atoms with Gasteiger partial charge in [0, 0.05) is 4.90 Å². The first kappa shape index (κ1) is 9.52. The second-order valence-corrected chi connectivity index (χ2v) is 4.39. The zero-order valence-electron chi connectivity index (χ0n) is 7.71. The van der Waals surface area contributed by atoms with Gasteiger partial charge in [-0.1, -0.05) is 6.92 Å². The Morgan fingerprint density at radius 1 is 1.57 bits per heavy atom. The van der Waals surface area contributed by atoms with E-state index in [9.17, 15) is 9.18 Å². The lowest BCUT2D eigenvalue weighted by Crippen LogP contribution is -2.28. The summed E-state index contributed by atoms with van der Waals surface area (Å²) in [5.41, 5.74) is 0.714. The van der Waals surface area contributed by atoms with Gasteiger partial charge in [-0.05, 0) is 24.6 Å². The minimum Gasteiger partial charge on any atom is -0.324 e. The van der Waals surface area contributed by atoms with Crippen molar-refractivity contribution in [3.8, 4) is 0 Å². The van der Waals surface area contributed by atoms with Gasteiger partial charge in [-0.2, -0.15) is 0 Å². The van der Waals surface area contributed by atoms with Crippen LogP contribution in [0.5, 0.6) is 0 Å². The lowest BCUT2D eigenvalue weighted by Gasteiger charge is -2.22. The minimum absolute atomic E-state index is 0.0107. The maximum atomic E-state index is 12.9. The summed E-state index contributed by atoms with van der Waals surface area (Å²) < 4.78 is 12.9. The standard InChI is InChI=1S/C10H10FNOS/c1-2-8-10(13)12-7-4-3-6(11)5-9(7)14-8/h3-5,8H,2H2,1H3,(H,12,13). The number of amides is 1. The molecule has 1 atom stereocenters. The van der Waals surface area contributed by atoms with Crippen LogP contribution in [0.15, 0.2) is 23.1 Å². The largest absolute Gasteiger partial charge is 0.324 e. The van der Waals surface area contributed by atoms with Crippen molar-refractivity contribution in [2.45, 2.75) is 23.5 Å². The summed E-state index contributed by atoms with van der Waals surface area (Å²) in [7, 11) is 0. The Morgan fingerprint density at radius 2 is 2.36 bits per heavy atom. The number of carbonyl (C=O) groups excluding carboxylic acids is 1. The summed E-state index contributed by atoms with van der Waals surface area (Å²) in [6, 6.07) is 4.41. The fourth-order valence-corrected chi connectivity index (χ4v) is 2.45. The molecule has 0 saturated carbocycles. The van der Waals surface area contributed by atoms with E-state index in [1.807, 2.05) is 6.92 Å². The predicted octanol–water partition coefficient (Wildman–Crippen LogP) is 2.65. The van der Waals surface area contributed by atoms with Crippen molar-refractivity contribution in [1.82, 2.24) is 0 Å². The number of fused-ring (bicyclic) bond motifs is 1. The van der Waals surface area contributed by atoms with Crippen molar-refractivity contribution in [3.05, 3.63) is 24.0 Å². The van der Waals surface area contributed by atoms with Crippen LogP contribution in [0, 0.1) is 5.82 Å². The van der Waals surface area contributed by atoms with Gasteiger partial charge in [0.15, 0.2) is 0 Å². The van der Waals surface area contributed by atoms with Crippen LogP contribution in [0.3, 0.4) is 0 Å². The average Bonchev–Trinajstić information content (AvgIpc) is 2.17. The van der Waals surface area contributed by atoms with Crippen molar-refractivity contribution in [2.75, 3.05) is 5.32 Å². The quantitative estimate of drug-likeness (QED) is 0.773. The first-order valence-electron chi connectivity index (χ1n) is 4.47. The minimum atomic E-state index is -0.262. The molecular formula is C10H10FNOS. The number of hydrogen-bond acceptors (Lipinski definition) is 2. The van der Waals surface area contributed by atoms with Crippen LogP contribution in [0.1, 0.15) is 13.3 Å². The van der Waals surface area contributed by atoms with E-state index < -0.39 is 0 Å². The Balaban J connectivity index is 2.36. The molecule has 1 N–H and O–H groups in total. The molecule has 1 aromatic rings. The van der Waals surface area contributed by atoms with E-state index in [4.69, 9.17) is 0 Å². The Bertz CT molecular complexity index is 380. The Hall–Kier alpha value is -1.03. The van der Waals surface area contributed by atoms with Crippen LogP contribution < -0.4 is 5.32 Å². The molecule has 0 spiro atoms. The maximum absolute atomic E-state index is 12.9. The van der Waals surface area contributed by atoms with Crippen molar-refractivity contribution in [3.63, 3.8) is 0 Å². The molecule has 0 aliphatic carbocycles. The summed E-state index contributed by atoms with van der Waals surface area (Å²) in [4.78, 5) is 12.3. The first-order valence-corrected chi connectivity index (χ1v) is 5.35. The second kappa shape index (κ2) is 3.61. The van der Waals surface area contributed by atoms with Crippen LogP contribution in [0.25, 0.3) is 0 Å². The highest BCUT2D eigenvalue weighted by molar-refractivity contribution is 8.01. The third-order valence-electron chi connectivity index (χ3n) is 2.13. The molecular weight excluding hydrogens is 201 g/mol. The van der Waals surface area contributed by atoms with E-state index in [1.165, 1.54) is 23.9 Å². The van der Waals surface area contributed by atoms with Gasteiger partial charge in [-0.15, -0.1) is 11.8 Å². The van der Waals surface area contributed by atoms with Crippen LogP contribution >= 0.6 is 11.8 Å². The molecule has 1 aromatic carbocycles. The molecule has 0 bridgehead atoms. The Morgan fingerprint density at radius 3 is 3.07 bits per heavy atom. The smallest absolute Gasteiger partial charge is 0.237 e. The third-order valence-corrected chi connectivity index (χ3v) is 3.56. The van der Waals surface area contributed by atoms with Crippen molar-refractivity contribution in [2.24, 2.45) is 0 Å². The molecule has 74 valence electrons. The van der Waals surface area contributed by atoms with E-state index in [-0.39, 0.29) is 17.0 Å². The lowest BCUT2D eigenvalue weighted by molar-refractivity contribution is -0.115. The van der Waals surface area contributed by atoms with E-state index in [1.54, 1.807) is 6.07 Å². The molecule has 1 aliphatic rings. The average molecular weight is 211 g/mol. The number of thioether (sulfide) groups is 1. The molecule has 2 rings (SSSR count). The van der Waals surface area contributed by atoms with Crippen LogP contribution in [0.4, 0.5) is 10.1 Å². The molecule has 1 unspecified atom stereocenters. The molecule has 2 nitrogen and oxygen atoms in total. The van der Waals surface area contributed by atoms with E-state index >= 15 is 0 Å². The molecule has 0 radical (unpaired) electrons. The molecule has 0 saturated heterocycles. The first-order chi connectivity index (χ1) is 6.70. The molecule has 14 heavy (non-hydrogen) atoms. The summed E-state index contributed by atoms with van der Waals surface area (Å²) >= 11 is 1.43. The van der Waals surface area contributed by atoms with Gasteiger partial charge in [-0.25, -0.2) is 4.39 Å². The number of carbonyl (C=O) groups is 1. The number of rotatable bonds is 1. The van der Waals surface area contributed by atoms with Crippen molar-refractivity contribution in [1.29, 1.82) is 0 Å². The van der Waals surface area contributed by atoms with Gasteiger partial charge in [0.25, 0.3) is 0 Å². The van der Waals surface area contributed by atoms with E-state index in [0.717, 1.165) is 11.3 Å². The second-order valence-electron chi connectivity index (χ2n) is 3.14. The summed E-state index contributed by atoms with van der Waals surface area (Å²) in [5, 5.41) is 2.67. The summed E-state index contributed by atoms with van der Waals surface area (Å²) in [5.74, 6) is -0.251. The SMILES string of the molecule is CCC1Sc2cc(F)ccc2NC1=O. The van der Waals surface area contributed by atoms with Gasteiger partial charge in [-0.3, -0.25) is 4.79 Å². The monoisotopic (exact) mass is 211 g/mol. The number of halogens is 1. The highest BCUT2D eigenvalue weighted by atomic mass is 32.2. The number of anilines is 1. The van der Waals surface area contributed by atoms with Gasteiger partial charge < -0.3 is 5.32 Å². The van der Waals surface area contributed by atoms with Gasteiger partial charge in [0.05, 0.1) is 10.9 Å². The van der Waals surface area contributed by atoms with Crippen LogP contribution in [0.2, 0.25) is 0 Å². The molecule has 0 fully saturated rings. The fraction of sp³-hybridized carbons (Fsp3) is 0.300. The van der Waals surface area contributed by atoms with Gasteiger partial charge in [0.1, 0.15) is 5.82 Å². The third kappa shape index (κ3) is 1.62. The molecule has 1 aliphatic heterocycles. The summed E-state index contributed by atoms with van der Waals surface area (Å²) in [6.45, 7) is 1.95. The Labute approximate surface area is 85.9 Å². The number of nitrogens with one attached hydrogen (secondary N) is 1. The molecule has 0 aromatic heterocycles. The molecule has 1 heterocycles. The van der Waals surface area contributed by atoms with Gasteiger partial charge in [0.2, 0.25) is 5.91 Å². The highest BCUT2D eigenvalue weighted by Gasteiger charge is 2.25. The zero-order valence-corrected chi connectivity index (χ0v) is 8.53. The number of benzene rings is 1. The zero-order chi connectivity index (χ0) is 10.1. The topological polar surface area (TPSA) is 29.1 Å². The molecule has 1 amide bonds. The van der Waals surface area contributed by atoms with Gasteiger partial charge >= 0.3 is 0 Å². The normalized spacial score (nSPS) is 20.1. The van der Waals surface area contributed by atoms with E-state index in [2.05, 4.69) is 5.32 Å². The Kier molecular flexibility index (Phi) is 2.46.